The number of hydrogen-bond acceptors (Lipinski definition) is 5. The van der Waals surface area contributed by atoms with E-state index in [1.54, 1.807) is 0 Å². The largest absolute Gasteiger partial charge is 1.00 e. The number of aliphatic carboxylic acids is 1. The van der Waals surface area contributed by atoms with Crippen molar-refractivity contribution in [3.8, 4) is 0 Å². The van der Waals surface area contributed by atoms with Gasteiger partial charge in [-0.2, -0.15) is 0 Å². The molecule has 0 bridgehead atoms. The summed E-state index contributed by atoms with van der Waals surface area (Å²) in [6, 6.07) is 0. The summed E-state index contributed by atoms with van der Waals surface area (Å²) in [7, 11) is 0. The third-order valence-electron chi connectivity index (χ3n) is 0.914. The average molecular weight is 226 g/mol. The number of carboxylic acids is 1. The topological polar surface area (TPSA) is 66.4 Å². The molecule has 0 heterocycles. The number of esters is 1. The normalized spacial score (nSPS) is 8.00. The van der Waals surface area contributed by atoms with Crippen molar-refractivity contribution < 1.29 is 70.8 Å². The molecule has 0 rings (SSSR count). The second-order valence-electron chi connectivity index (χ2n) is 1.87. The minimum Gasteiger partial charge on any atom is -0.550 e. The van der Waals surface area contributed by atoms with Crippen molar-refractivity contribution in [2.24, 2.45) is 0 Å². The van der Waals surface area contributed by atoms with E-state index < -0.39 is 11.9 Å². The van der Waals surface area contributed by atoms with Crippen molar-refractivity contribution in [2.45, 2.75) is 12.8 Å². The molecule has 0 aromatic heterocycles. The first-order valence-corrected chi connectivity index (χ1v) is 3.54. The molecule has 66 valence electrons. The second kappa shape index (κ2) is 8.98. The van der Waals surface area contributed by atoms with Crippen molar-refractivity contribution in [2.75, 3.05) is 0 Å². The zero-order valence-electron chi connectivity index (χ0n) is 7.24. The van der Waals surface area contributed by atoms with Gasteiger partial charge < -0.3 is 14.6 Å². The van der Waals surface area contributed by atoms with E-state index in [9.17, 15) is 14.7 Å². The molecular weight excluding hydrogens is 219 g/mol. The van der Waals surface area contributed by atoms with Gasteiger partial charge in [-0.05, 0) is 18.6 Å². The Balaban J connectivity index is 0. The van der Waals surface area contributed by atoms with Crippen LogP contribution in [0.2, 0.25) is 0 Å². The molecule has 0 aromatic rings. The van der Waals surface area contributed by atoms with E-state index in [1.165, 1.54) is 0 Å². The molecule has 0 aromatic carbocycles. The van der Waals surface area contributed by atoms with Crippen LogP contribution in [0.5, 0.6) is 0 Å². The third-order valence-corrected chi connectivity index (χ3v) is 1.20. The Morgan fingerprint density at radius 3 is 2.38 bits per heavy atom. The van der Waals surface area contributed by atoms with Crippen LogP contribution in [0.1, 0.15) is 12.8 Å². The minimum atomic E-state index is -1.23. The first-order chi connectivity index (χ1) is 5.56. The summed E-state index contributed by atoms with van der Waals surface area (Å²) in [6.07, 6.45) is 0.700. The molecule has 4 nitrogen and oxygen atoms in total. The molecule has 0 unspecified atom stereocenters. The molecule has 0 aliphatic rings. The zero-order valence-corrected chi connectivity index (χ0v) is 11.2. The van der Waals surface area contributed by atoms with Crippen LogP contribution < -0.4 is 56.5 Å². The Labute approximate surface area is 124 Å². The minimum absolute atomic E-state index is 0. The quantitative estimate of drug-likeness (QED) is 0.216. The van der Waals surface area contributed by atoms with Crippen molar-refractivity contribution >= 4 is 29.2 Å². The van der Waals surface area contributed by atoms with Crippen molar-refractivity contribution in [1.29, 1.82) is 0 Å². The Hall–Kier alpha value is 0.406. The van der Waals surface area contributed by atoms with Crippen LogP contribution in [0.25, 0.3) is 0 Å². The van der Waals surface area contributed by atoms with Gasteiger partial charge in [0.15, 0.2) is 5.05 Å². The summed E-state index contributed by atoms with van der Waals surface area (Å²) < 4.78 is 4.43. The van der Waals surface area contributed by atoms with E-state index in [0.717, 1.165) is 6.08 Å². The molecule has 0 amide bonds. The molecule has 0 aliphatic carbocycles. The van der Waals surface area contributed by atoms with Crippen molar-refractivity contribution in [3.05, 3.63) is 12.7 Å². The zero-order chi connectivity index (χ0) is 9.56. The maximum atomic E-state index is 10.5. The van der Waals surface area contributed by atoms with E-state index in [-0.39, 0.29) is 69.3 Å². The maximum absolute atomic E-state index is 10.5. The van der Waals surface area contributed by atoms with Crippen molar-refractivity contribution in [3.63, 3.8) is 0 Å². The molecular formula is C7H7KO4S. The molecule has 0 spiro atoms. The molecule has 0 fully saturated rings. The van der Waals surface area contributed by atoms with Crippen LogP contribution in [0.15, 0.2) is 12.7 Å². The monoisotopic (exact) mass is 226 g/mol. The van der Waals surface area contributed by atoms with Gasteiger partial charge in [0.2, 0.25) is 0 Å². The van der Waals surface area contributed by atoms with Crippen LogP contribution >= 0.6 is 12.2 Å². The van der Waals surface area contributed by atoms with Gasteiger partial charge in [-0.25, -0.2) is 4.79 Å². The van der Waals surface area contributed by atoms with Gasteiger partial charge in [-0.1, -0.05) is 6.58 Å². The molecule has 0 aliphatic heterocycles. The van der Waals surface area contributed by atoms with E-state index in [0.29, 0.717) is 0 Å². The Kier molecular flexibility index (Phi) is 11.0. The predicted octanol–water partition coefficient (Wildman–Crippen LogP) is -3.42. The Morgan fingerprint density at radius 2 is 2.00 bits per heavy atom. The van der Waals surface area contributed by atoms with Gasteiger partial charge in [0.05, 0.1) is 0 Å². The fourth-order valence-electron chi connectivity index (χ4n) is 0.409. The SMILES string of the molecule is C=CC(=O)OC(=S)CCC(=O)[O-].[K+]. The van der Waals surface area contributed by atoms with Gasteiger partial charge in [0, 0.05) is 18.5 Å². The number of carbonyl (C=O) groups excluding carboxylic acids is 2. The summed E-state index contributed by atoms with van der Waals surface area (Å²) in [5, 5.41) is 9.86. The number of carbonyl (C=O) groups is 2. The van der Waals surface area contributed by atoms with Gasteiger partial charge in [-0.15, -0.1) is 0 Å². The molecule has 13 heavy (non-hydrogen) atoms. The number of ether oxygens (including phenoxy) is 1. The predicted molar refractivity (Wildman–Crippen MR) is 43.1 cm³/mol. The van der Waals surface area contributed by atoms with Crippen LogP contribution in [-0.2, 0) is 14.3 Å². The van der Waals surface area contributed by atoms with Crippen LogP contribution in [-0.4, -0.2) is 17.0 Å². The van der Waals surface area contributed by atoms with E-state index >= 15 is 0 Å². The smallest absolute Gasteiger partial charge is 0.550 e. The molecule has 6 heteroatoms. The Morgan fingerprint density at radius 1 is 1.46 bits per heavy atom. The van der Waals surface area contributed by atoms with E-state index in [4.69, 9.17) is 0 Å². The second-order valence-corrected chi connectivity index (χ2v) is 2.32. The number of thiocarbonyl (C=S) groups is 1. The third kappa shape index (κ3) is 10.3. The molecule has 0 radical (unpaired) electrons. The molecule has 0 saturated carbocycles. The van der Waals surface area contributed by atoms with Crippen LogP contribution in [0, 0.1) is 0 Å². The summed E-state index contributed by atoms with van der Waals surface area (Å²) in [5.41, 5.74) is 0. The summed E-state index contributed by atoms with van der Waals surface area (Å²) >= 11 is 4.53. The number of carboxylic acid groups (broad SMARTS) is 1. The first kappa shape index (κ1) is 15.9. The van der Waals surface area contributed by atoms with E-state index in [2.05, 4.69) is 23.5 Å². The van der Waals surface area contributed by atoms with Crippen LogP contribution in [0.4, 0.5) is 0 Å². The number of rotatable bonds is 4. The van der Waals surface area contributed by atoms with Gasteiger partial charge in [0.1, 0.15) is 0 Å². The molecule has 0 N–H and O–H groups in total. The summed E-state index contributed by atoms with van der Waals surface area (Å²) in [5.74, 6) is -1.91. The summed E-state index contributed by atoms with van der Waals surface area (Å²) in [6.45, 7) is 3.15. The fraction of sp³-hybridized carbons (Fsp3) is 0.286. The first-order valence-electron chi connectivity index (χ1n) is 3.13. The van der Waals surface area contributed by atoms with Crippen molar-refractivity contribution in [1.82, 2.24) is 0 Å². The maximum Gasteiger partial charge on any atom is 1.00 e. The van der Waals surface area contributed by atoms with E-state index in [1.807, 2.05) is 0 Å². The van der Waals surface area contributed by atoms with Gasteiger partial charge >= 0.3 is 57.4 Å². The Bertz CT molecular complexity index is 227. The number of hydrogen-bond donors (Lipinski definition) is 0. The van der Waals surface area contributed by atoms with Crippen LogP contribution in [0.3, 0.4) is 0 Å². The van der Waals surface area contributed by atoms with Gasteiger partial charge in [-0.3, -0.25) is 0 Å². The average Bonchev–Trinajstić information content (AvgIpc) is 2.00. The molecule has 0 atom stereocenters. The standard InChI is InChI=1S/C7H8O4S.K/c1-2-6(10)11-7(12)4-3-5(8)9;/h2H,1,3-4H2,(H,8,9);/q;+1/p-1. The summed E-state index contributed by atoms with van der Waals surface area (Å²) in [4.78, 5) is 20.4. The van der Waals surface area contributed by atoms with Gasteiger partial charge in [0.25, 0.3) is 0 Å². The fourth-order valence-corrected chi connectivity index (χ4v) is 0.593. The molecule has 0 saturated heterocycles.